The Labute approximate surface area is 146 Å². The number of para-hydroxylation sites is 1. The van der Waals surface area contributed by atoms with E-state index in [4.69, 9.17) is 0 Å². The third kappa shape index (κ3) is 4.00. The van der Waals surface area contributed by atoms with E-state index in [1.54, 1.807) is 18.2 Å². The molecular formula is C20H21FN3O+. The van der Waals surface area contributed by atoms with Crippen LogP contribution in [0.5, 0.6) is 0 Å². The topological polar surface area (TPSA) is 46.4 Å². The summed E-state index contributed by atoms with van der Waals surface area (Å²) >= 11 is 0. The number of amides is 1. The van der Waals surface area contributed by atoms with Crippen LogP contribution in [0.15, 0.2) is 54.6 Å². The van der Waals surface area contributed by atoms with E-state index >= 15 is 0 Å². The number of quaternary nitrogens is 1. The molecule has 2 N–H and O–H groups in total. The summed E-state index contributed by atoms with van der Waals surface area (Å²) in [5, 5.41) is 3.77. The predicted molar refractivity (Wildman–Crippen MR) is 97.1 cm³/mol. The molecule has 0 aliphatic rings. The van der Waals surface area contributed by atoms with E-state index in [2.05, 4.69) is 10.3 Å². The van der Waals surface area contributed by atoms with Crippen LogP contribution in [-0.4, -0.2) is 38.1 Å². The second-order valence-electron chi connectivity index (χ2n) is 6.29. The highest BCUT2D eigenvalue weighted by molar-refractivity contribution is 6.07. The van der Waals surface area contributed by atoms with Crippen LogP contribution in [0.1, 0.15) is 10.4 Å². The van der Waals surface area contributed by atoms with Crippen LogP contribution in [0.2, 0.25) is 0 Å². The minimum absolute atomic E-state index is 0.122. The number of pyridine rings is 1. The molecule has 0 fully saturated rings. The van der Waals surface area contributed by atoms with E-state index < -0.39 is 0 Å². The summed E-state index contributed by atoms with van der Waals surface area (Å²) in [5.41, 5.74) is 2.76. The van der Waals surface area contributed by atoms with E-state index in [-0.39, 0.29) is 11.7 Å². The van der Waals surface area contributed by atoms with Crippen LogP contribution >= 0.6 is 0 Å². The van der Waals surface area contributed by atoms with E-state index in [1.807, 2.05) is 38.4 Å². The first-order valence-electron chi connectivity index (χ1n) is 8.27. The van der Waals surface area contributed by atoms with Crippen molar-refractivity contribution in [3.63, 3.8) is 0 Å². The van der Waals surface area contributed by atoms with Gasteiger partial charge in [0.15, 0.2) is 0 Å². The fraction of sp³-hybridized carbons (Fsp3) is 0.200. The molecule has 3 aromatic rings. The molecule has 2 aromatic carbocycles. The van der Waals surface area contributed by atoms with Gasteiger partial charge in [0.1, 0.15) is 5.82 Å². The Morgan fingerprint density at radius 2 is 1.84 bits per heavy atom. The molecule has 0 atom stereocenters. The second-order valence-corrected chi connectivity index (χ2v) is 6.29. The smallest absolute Gasteiger partial charge is 0.252 e. The largest absolute Gasteiger partial charge is 0.346 e. The van der Waals surface area contributed by atoms with Gasteiger partial charge in [-0.1, -0.05) is 18.2 Å². The lowest BCUT2D eigenvalue weighted by Gasteiger charge is -2.12. The summed E-state index contributed by atoms with van der Waals surface area (Å²) in [6.45, 7) is 1.45. The van der Waals surface area contributed by atoms with Crippen molar-refractivity contribution in [3.05, 3.63) is 66.0 Å². The number of carbonyl (C=O) groups is 1. The Bertz CT molecular complexity index is 891. The fourth-order valence-corrected chi connectivity index (χ4v) is 2.65. The van der Waals surface area contributed by atoms with Crippen LogP contribution in [0, 0.1) is 5.82 Å². The standard InChI is InChI=1S/C20H20FN3O/c1-24(2)12-11-22-20(25)17-13-19(14-7-9-15(21)10-8-14)23-18-6-4-3-5-16(17)18/h3-10,13H,11-12H2,1-2H3,(H,22,25)/p+1. The van der Waals surface area contributed by atoms with Crippen molar-refractivity contribution in [2.75, 3.05) is 27.2 Å². The number of benzene rings is 2. The van der Waals surface area contributed by atoms with Gasteiger partial charge in [-0.15, -0.1) is 0 Å². The molecule has 0 aliphatic carbocycles. The first-order chi connectivity index (χ1) is 12.0. The van der Waals surface area contributed by atoms with Gasteiger partial charge in [0.25, 0.3) is 5.91 Å². The van der Waals surface area contributed by atoms with Gasteiger partial charge in [-0.25, -0.2) is 9.37 Å². The summed E-state index contributed by atoms with van der Waals surface area (Å²) in [4.78, 5) is 18.6. The Morgan fingerprint density at radius 3 is 2.56 bits per heavy atom. The van der Waals surface area contributed by atoms with E-state index in [0.717, 1.165) is 23.0 Å². The Kier molecular flexibility index (Phi) is 5.05. The lowest BCUT2D eigenvalue weighted by Crippen LogP contribution is -3.06. The number of nitrogens with zero attached hydrogens (tertiary/aromatic N) is 1. The zero-order chi connectivity index (χ0) is 17.8. The third-order valence-corrected chi connectivity index (χ3v) is 4.01. The molecule has 1 amide bonds. The number of fused-ring (bicyclic) bond motifs is 1. The average molecular weight is 338 g/mol. The number of aromatic nitrogens is 1. The summed E-state index contributed by atoms with van der Waals surface area (Å²) < 4.78 is 13.2. The lowest BCUT2D eigenvalue weighted by molar-refractivity contribution is -0.856. The van der Waals surface area contributed by atoms with Crippen molar-refractivity contribution in [1.29, 1.82) is 0 Å². The fourth-order valence-electron chi connectivity index (χ4n) is 2.65. The number of hydrogen-bond donors (Lipinski definition) is 2. The van der Waals surface area contributed by atoms with Gasteiger partial charge in [0.05, 0.1) is 44.0 Å². The normalized spacial score (nSPS) is 11.0. The van der Waals surface area contributed by atoms with Crippen LogP contribution < -0.4 is 10.2 Å². The third-order valence-electron chi connectivity index (χ3n) is 4.01. The van der Waals surface area contributed by atoms with Crippen molar-refractivity contribution in [2.45, 2.75) is 0 Å². The van der Waals surface area contributed by atoms with E-state index in [1.165, 1.54) is 17.0 Å². The van der Waals surface area contributed by atoms with Crippen molar-refractivity contribution in [1.82, 2.24) is 10.3 Å². The van der Waals surface area contributed by atoms with Crippen LogP contribution in [-0.2, 0) is 0 Å². The van der Waals surface area contributed by atoms with Gasteiger partial charge in [-0.3, -0.25) is 4.79 Å². The molecule has 25 heavy (non-hydrogen) atoms. The summed E-state index contributed by atoms with van der Waals surface area (Å²) in [6.07, 6.45) is 0. The van der Waals surface area contributed by atoms with E-state index in [0.29, 0.717) is 17.8 Å². The molecule has 4 nitrogen and oxygen atoms in total. The SMILES string of the molecule is C[NH+](C)CCNC(=O)c1cc(-c2ccc(F)cc2)nc2ccccc12. The first-order valence-corrected chi connectivity index (χ1v) is 8.27. The highest BCUT2D eigenvalue weighted by Crippen LogP contribution is 2.25. The number of nitrogens with one attached hydrogen (secondary N) is 2. The summed E-state index contributed by atoms with van der Waals surface area (Å²) in [5.74, 6) is -0.420. The molecule has 1 aromatic heterocycles. The monoisotopic (exact) mass is 338 g/mol. The zero-order valence-corrected chi connectivity index (χ0v) is 14.3. The summed E-state index contributed by atoms with van der Waals surface area (Å²) in [6, 6.07) is 15.5. The summed E-state index contributed by atoms with van der Waals surface area (Å²) in [7, 11) is 4.08. The number of halogens is 1. The molecule has 0 saturated carbocycles. The van der Waals surface area contributed by atoms with Crippen molar-refractivity contribution in [3.8, 4) is 11.3 Å². The molecular weight excluding hydrogens is 317 g/mol. The van der Waals surface area contributed by atoms with Gasteiger partial charge in [-0.05, 0) is 36.4 Å². The highest BCUT2D eigenvalue weighted by atomic mass is 19.1. The molecule has 5 heteroatoms. The van der Waals surface area contributed by atoms with Gasteiger partial charge < -0.3 is 10.2 Å². The molecule has 3 rings (SSSR count). The molecule has 0 saturated heterocycles. The van der Waals surface area contributed by atoms with Crippen molar-refractivity contribution >= 4 is 16.8 Å². The lowest BCUT2D eigenvalue weighted by atomic mass is 10.0. The Morgan fingerprint density at radius 1 is 1.12 bits per heavy atom. The quantitative estimate of drug-likeness (QED) is 0.747. The molecule has 0 radical (unpaired) electrons. The molecule has 0 bridgehead atoms. The van der Waals surface area contributed by atoms with Gasteiger partial charge in [0.2, 0.25) is 0 Å². The number of hydrogen-bond acceptors (Lipinski definition) is 2. The predicted octanol–water partition coefficient (Wildman–Crippen LogP) is 1.92. The number of rotatable bonds is 5. The molecule has 0 aliphatic heterocycles. The number of likely N-dealkylation sites (N-methyl/N-ethyl adjacent to an activating group) is 1. The highest BCUT2D eigenvalue weighted by Gasteiger charge is 2.14. The van der Waals surface area contributed by atoms with Crippen LogP contribution in [0.25, 0.3) is 22.2 Å². The minimum atomic E-state index is -0.298. The maximum atomic E-state index is 13.2. The molecule has 128 valence electrons. The number of carbonyl (C=O) groups excluding carboxylic acids is 1. The average Bonchev–Trinajstić information content (AvgIpc) is 2.61. The van der Waals surface area contributed by atoms with Crippen LogP contribution in [0.4, 0.5) is 4.39 Å². The van der Waals surface area contributed by atoms with Gasteiger partial charge >= 0.3 is 0 Å². The van der Waals surface area contributed by atoms with Gasteiger partial charge in [-0.2, -0.15) is 0 Å². The molecule has 0 spiro atoms. The second kappa shape index (κ2) is 7.40. The van der Waals surface area contributed by atoms with E-state index in [9.17, 15) is 9.18 Å². The Hall–Kier alpha value is -2.79. The maximum Gasteiger partial charge on any atom is 0.252 e. The van der Waals surface area contributed by atoms with Crippen molar-refractivity contribution < 1.29 is 14.1 Å². The Balaban J connectivity index is 2.00. The van der Waals surface area contributed by atoms with Crippen molar-refractivity contribution in [2.24, 2.45) is 0 Å². The van der Waals surface area contributed by atoms with Gasteiger partial charge in [0, 0.05) is 10.9 Å². The maximum absolute atomic E-state index is 13.2. The zero-order valence-electron chi connectivity index (χ0n) is 14.3. The minimum Gasteiger partial charge on any atom is -0.346 e. The van der Waals surface area contributed by atoms with Crippen LogP contribution in [0.3, 0.4) is 0 Å². The first kappa shape index (κ1) is 17.0. The molecule has 1 heterocycles. The molecule has 0 unspecified atom stereocenters.